The van der Waals surface area contributed by atoms with Crippen LogP contribution in [0.4, 0.5) is 0 Å². The van der Waals surface area contributed by atoms with Crippen molar-refractivity contribution in [2.24, 2.45) is 11.7 Å². The first kappa shape index (κ1) is 14.1. The van der Waals surface area contributed by atoms with Gasteiger partial charge in [0.25, 0.3) is 0 Å². The topological polar surface area (TPSA) is 75.4 Å². The Morgan fingerprint density at radius 3 is 2.81 bits per heavy atom. The van der Waals surface area contributed by atoms with Gasteiger partial charge in [-0.25, -0.2) is 0 Å². The van der Waals surface area contributed by atoms with Gasteiger partial charge in [0.1, 0.15) is 5.54 Å². The first-order valence-corrected chi connectivity index (χ1v) is 7.45. The maximum Gasteiger partial charge on any atom is 0.247 e. The fourth-order valence-corrected chi connectivity index (χ4v) is 3.41. The van der Waals surface area contributed by atoms with Crippen LogP contribution in [0.2, 0.25) is 0 Å². The number of benzene rings is 1. The minimum Gasteiger partial charge on any atom is -0.354 e. The molecular weight excluding hydrogens is 266 g/mol. The third kappa shape index (κ3) is 2.31. The summed E-state index contributed by atoms with van der Waals surface area (Å²) in [5.41, 5.74) is 6.07. The molecular formula is C16H21N3O2. The van der Waals surface area contributed by atoms with Crippen LogP contribution in [0.25, 0.3) is 0 Å². The maximum atomic E-state index is 12.9. The van der Waals surface area contributed by atoms with Gasteiger partial charge < -0.3 is 16.0 Å². The summed E-state index contributed by atoms with van der Waals surface area (Å²) in [5.74, 6) is -0.106. The molecule has 3 N–H and O–H groups in total. The lowest BCUT2D eigenvalue weighted by molar-refractivity contribution is -0.142. The summed E-state index contributed by atoms with van der Waals surface area (Å²) >= 11 is 0. The van der Waals surface area contributed by atoms with E-state index in [1.165, 1.54) is 0 Å². The molecule has 0 radical (unpaired) electrons. The molecule has 0 spiro atoms. The smallest absolute Gasteiger partial charge is 0.247 e. The first-order chi connectivity index (χ1) is 10.0. The van der Waals surface area contributed by atoms with Crippen molar-refractivity contribution >= 4 is 11.8 Å². The molecule has 5 nitrogen and oxygen atoms in total. The predicted molar refractivity (Wildman–Crippen MR) is 79.2 cm³/mol. The number of nitrogens with one attached hydrogen (secondary N) is 1. The molecule has 2 saturated heterocycles. The van der Waals surface area contributed by atoms with E-state index in [9.17, 15) is 9.59 Å². The highest BCUT2D eigenvalue weighted by Gasteiger charge is 2.46. The van der Waals surface area contributed by atoms with Crippen LogP contribution in [0, 0.1) is 5.92 Å². The molecule has 0 aromatic heterocycles. The highest BCUT2D eigenvalue weighted by molar-refractivity contribution is 5.89. The monoisotopic (exact) mass is 287 g/mol. The maximum absolute atomic E-state index is 12.9. The van der Waals surface area contributed by atoms with E-state index in [0.717, 1.165) is 18.4 Å². The van der Waals surface area contributed by atoms with Gasteiger partial charge in [0.15, 0.2) is 0 Å². The van der Waals surface area contributed by atoms with Gasteiger partial charge in [0.2, 0.25) is 11.8 Å². The minimum absolute atomic E-state index is 0.0506. The molecule has 1 aromatic rings. The summed E-state index contributed by atoms with van der Waals surface area (Å²) < 4.78 is 0. The number of amides is 2. The molecule has 2 aliphatic rings. The largest absolute Gasteiger partial charge is 0.354 e. The third-order valence-electron chi connectivity index (χ3n) is 4.68. The van der Waals surface area contributed by atoms with Crippen molar-refractivity contribution in [3.05, 3.63) is 35.9 Å². The van der Waals surface area contributed by atoms with Crippen LogP contribution >= 0.6 is 0 Å². The van der Waals surface area contributed by atoms with Crippen LogP contribution in [0.15, 0.2) is 30.3 Å². The van der Waals surface area contributed by atoms with Crippen molar-refractivity contribution in [3.63, 3.8) is 0 Å². The first-order valence-electron chi connectivity index (χ1n) is 7.45. The van der Waals surface area contributed by atoms with Crippen molar-refractivity contribution < 1.29 is 9.59 Å². The Kier molecular flexibility index (Phi) is 3.45. The van der Waals surface area contributed by atoms with E-state index in [1.54, 1.807) is 11.8 Å². The van der Waals surface area contributed by atoms with E-state index in [0.29, 0.717) is 13.1 Å². The molecule has 3 atom stereocenters. The number of hydrogen-bond acceptors (Lipinski definition) is 3. The second-order valence-corrected chi connectivity index (χ2v) is 6.13. The summed E-state index contributed by atoms with van der Waals surface area (Å²) in [6.07, 6.45) is 1.71. The van der Waals surface area contributed by atoms with E-state index in [-0.39, 0.29) is 23.8 Å². The predicted octanol–water partition coefficient (Wildman–Crippen LogP) is 0.598. The van der Waals surface area contributed by atoms with Crippen molar-refractivity contribution in [1.82, 2.24) is 10.2 Å². The molecule has 0 aliphatic carbocycles. The molecule has 2 aliphatic heterocycles. The van der Waals surface area contributed by atoms with Gasteiger partial charge in [0.05, 0.1) is 12.0 Å². The molecule has 2 heterocycles. The fraction of sp³-hybridized carbons (Fsp3) is 0.500. The molecule has 2 amide bonds. The van der Waals surface area contributed by atoms with Crippen molar-refractivity contribution in [2.75, 3.05) is 13.1 Å². The zero-order valence-corrected chi connectivity index (χ0v) is 12.2. The zero-order chi connectivity index (χ0) is 15.0. The lowest BCUT2D eigenvalue weighted by Gasteiger charge is -2.40. The molecule has 0 bridgehead atoms. The second-order valence-electron chi connectivity index (χ2n) is 6.13. The molecule has 112 valence electrons. The number of piperidine rings is 1. The lowest BCUT2D eigenvalue weighted by Crippen LogP contribution is -2.57. The molecule has 0 saturated carbocycles. The van der Waals surface area contributed by atoms with Crippen LogP contribution in [0.5, 0.6) is 0 Å². The van der Waals surface area contributed by atoms with Gasteiger partial charge in [-0.1, -0.05) is 30.3 Å². The quantitative estimate of drug-likeness (QED) is 0.836. The Balaban J connectivity index is 1.86. The van der Waals surface area contributed by atoms with Gasteiger partial charge in [-0.15, -0.1) is 0 Å². The van der Waals surface area contributed by atoms with Gasteiger partial charge in [-0.2, -0.15) is 0 Å². The van der Waals surface area contributed by atoms with Gasteiger partial charge in [-0.3, -0.25) is 9.59 Å². The van der Waals surface area contributed by atoms with Crippen molar-refractivity contribution in [2.45, 2.75) is 31.3 Å². The normalized spacial score (nSPS) is 27.7. The molecule has 1 aromatic carbocycles. The van der Waals surface area contributed by atoms with E-state index in [2.05, 4.69) is 5.32 Å². The zero-order valence-electron chi connectivity index (χ0n) is 12.2. The number of likely N-dealkylation sites (tertiary alicyclic amines) is 1. The van der Waals surface area contributed by atoms with E-state index < -0.39 is 5.54 Å². The fourth-order valence-electron chi connectivity index (χ4n) is 3.41. The number of hydrogen-bond donors (Lipinski definition) is 2. The average molecular weight is 287 g/mol. The van der Waals surface area contributed by atoms with Gasteiger partial charge >= 0.3 is 0 Å². The highest BCUT2D eigenvalue weighted by atomic mass is 16.2. The summed E-state index contributed by atoms with van der Waals surface area (Å²) in [6.45, 7) is 2.97. The van der Waals surface area contributed by atoms with E-state index in [1.807, 2.05) is 30.3 Å². The van der Waals surface area contributed by atoms with Crippen LogP contribution in [-0.2, 0) is 15.1 Å². The molecule has 21 heavy (non-hydrogen) atoms. The summed E-state index contributed by atoms with van der Waals surface area (Å²) in [7, 11) is 0. The molecule has 5 heteroatoms. The number of carbonyl (C=O) groups excluding carboxylic acids is 2. The Morgan fingerprint density at radius 2 is 2.10 bits per heavy atom. The Labute approximate surface area is 124 Å². The molecule has 3 unspecified atom stereocenters. The number of nitrogens with zero attached hydrogens (tertiary/aromatic N) is 1. The van der Waals surface area contributed by atoms with Crippen LogP contribution < -0.4 is 11.1 Å². The third-order valence-corrected chi connectivity index (χ3v) is 4.68. The number of nitrogens with two attached hydrogens (primary N) is 1. The van der Waals surface area contributed by atoms with Crippen LogP contribution in [0.1, 0.15) is 25.3 Å². The van der Waals surface area contributed by atoms with E-state index >= 15 is 0 Å². The van der Waals surface area contributed by atoms with Gasteiger partial charge in [-0.05, 0) is 25.3 Å². The summed E-state index contributed by atoms with van der Waals surface area (Å²) in [5, 5.41) is 2.86. The van der Waals surface area contributed by atoms with Crippen molar-refractivity contribution in [3.8, 4) is 0 Å². The summed E-state index contributed by atoms with van der Waals surface area (Å²) in [4.78, 5) is 26.6. The molecule has 2 fully saturated rings. The van der Waals surface area contributed by atoms with Crippen molar-refractivity contribution in [1.29, 1.82) is 0 Å². The van der Waals surface area contributed by atoms with Gasteiger partial charge in [0, 0.05) is 13.1 Å². The van der Waals surface area contributed by atoms with E-state index in [4.69, 9.17) is 5.73 Å². The number of carbonyl (C=O) groups is 2. The molecule has 3 rings (SSSR count). The summed E-state index contributed by atoms with van der Waals surface area (Å²) in [6, 6.07) is 9.36. The highest BCUT2D eigenvalue weighted by Crippen LogP contribution is 2.31. The van der Waals surface area contributed by atoms with Crippen LogP contribution in [-0.4, -0.2) is 35.8 Å². The Hall–Kier alpha value is -1.88. The second kappa shape index (κ2) is 5.15. The average Bonchev–Trinajstić information content (AvgIpc) is 2.89. The minimum atomic E-state index is -1.06. The number of fused-ring (bicyclic) bond motifs is 1. The van der Waals surface area contributed by atoms with Crippen LogP contribution in [0.3, 0.4) is 0 Å². The Morgan fingerprint density at radius 1 is 1.38 bits per heavy atom. The Bertz CT molecular complexity index is 556. The lowest BCUT2D eigenvalue weighted by atomic mass is 9.86. The standard InChI is InChI=1S/C16H21N3O2/c1-16(17,11-6-3-2-4-7-11)15(21)19-9-5-8-12-13(19)10-18-14(12)20/h2-4,6-7,12-13H,5,8-10,17H2,1H3,(H,18,20). The SMILES string of the molecule is CC(N)(C(=O)N1CCCC2C(=O)NCC21)c1ccccc1. The number of rotatable bonds is 2.